The van der Waals surface area contributed by atoms with Gasteiger partial charge in [0.2, 0.25) is 0 Å². The molecule has 2 aromatic heterocycles. The van der Waals surface area contributed by atoms with Gasteiger partial charge in [-0.2, -0.15) is 18.3 Å². The number of benzene rings is 2. The van der Waals surface area contributed by atoms with Crippen LogP contribution in [0.4, 0.5) is 19.0 Å². The number of hydrogen-bond acceptors (Lipinski definition) is 7. The van der Waals surface area contributed by atoms with Gasteiger partial charge in [0.15, 0.2) is 18.3 Å². The van der Waals surface area contributed by atoms with Crippen LogP contribution in [0.15, 0.2) is 36.7 Å². The minimum atomic E-state index is -4.53. The van der Waals surface area contributed by atoms with Crippen LogP contribution in [0, 0.1) is 0 Å². The molecular weight excluding hydrogens is 484 g/mol. The van der Waals surface area contributed by atoms with Crippen molar-refractivity contribution in [1.29, 1.82) is 0 Å². The minimum Gasteiger partial charge on any atom is -0.485 e. The van der Waals surface area contributed by atoms with E-state index in [1.54, 1.807) is 25.2 Å². The molecule has 4 aromatic rings. The summed E-state index contributed by atoms with van der Waals surface area (Å²) in [5, 5.41) is 4.88. The van der Waals surface area contributed by atoms with Crippen molar-refractivity contribution in [3.05, 3.63) is 52.5 Å². The third-order valence-electron chi connectivity index (χ3n) is 4.36. The van der Waals surface area contributed by atoms with Gasteiger partial charge in [-0.05, 0) is 12.1 Å². The van der Waals surface area contributed by atoms with E-state index >= 15 is 0 Å². The molecule has 8 nitrogen and oxygen atoms in total. The van der Waals surface area contributed by atoms with Gasteiger partial charge in [-0.15, -0.1) is 0 Å². The SMILES string of the molecule is Cn1cnc(COc2cc(OCC(F)(F)F)cc3nc(-c4cccc(Cl)c4Cl)nc(N)c23)n1. The predicted octanol–water partition coefficient (Wildman–Crippen LogP) is 4.83. The number of ether oxygens (including phenoxy) is 2. The zero-order chi connectivity index (χ0) is 23.8. The number of nitrogen functional groups attached to an aromatic ring is 1. The predicted molar refractivity (Wildman–Crippen MR) is 116 cm³/mol. The molecule has 172 valence electrons. The van der Waals surface area contributed by atoms with Crippen molar-refractivity contribution < 1.29 is 22.6 Å². The van der Waals surface area contributed by atoms with E-state index in [4.69, 9.17) is 38.4 Å². The van der Waals surface area contributed by atoms with Crippen molar-refractivity contribution in [2.45, 2.75) is 12.8 Å². The zero-order valence-corrected chi connectivity index (χ0v) is 18.4. The minimum absolute atomic E-state index is 0.0254. The average Bonchev–Trinajstić information content (AvgIpc) is 3.16. The van der Waals surface area contributed by atoms with Crippen molar-refractivity contribution in [1.82, 2.24) is 24.7 Å². The number of alkyl halides is 3. The highest BCUT2D eigenvalue weighted by Crippen LogP contribution is 2.38. The molecule has 0 aliphatic carbocycles. The quantitative estimate of drug-likeness (QED) is 0.406. The standard InChI is InChI=1S/C20H15Cl2F3N6O2/c1-31-9-27-15(30-31)7-32-14-6-10(33-8-20(23,24)25)5-13-16(14)18(26)29-19(28-13)11-3-2-4-12(21)17(11)22/h2-6,9H,7-8H2,1H3,(H2,26,28,29). The summed E-state index contributed by atoms with van der Waals surface area (Å²) in [5.74, 6) is 0.507. The largest absolute Gasteiger partial charge is 0.485 e. The number of anilines is 1. The molecule has 13 heteroatoms. The van der Waals surface area contributed by atoms with E-state index in [-0.39, 0.29) is 50.7 Å². The van der Waals surface area contributed by atoms with Crippen molar-refractivity contribution in [3.63, 3.8) is 0 Å². The highest BCUT2D eigenvalue weighted by molar-refractivity contribution is 6.43. The molecule has 2 aromatic carbocycles. The summed E-state index contributed by atoms with van der Waals surface area (Å²) in [5.41, 5.74) is 6.78. The molecule has 0 radical (unpaired) electrons. The van der Waals surface area contributed by atoms with Crippen LogP contribution in [0.25, 0.3) is 22.3 Å². The molecule has 2 heterocycles. The number of fused-ring (bicyclic) bond motifs is 1. The lowest BCUT2D eigenvalue weighted by Gasteiger charge is -2.15. The van der Waals surface area contributed by atoms with Gasteiger partial charge in [-0.25, -0.2) is 15.0 Å². The molecule has 0 aliphatic rings. The van der Waals surface area contributed by atoms with Crippen LogP contribution in [-0.2, 0) is 13.7 Å². The number of nitrogens with zero attached hydrogens (tertiary/aromatic N) is 5. The molecule has 4 rings (SSSR count). The molecule has 0 unspecified atom stereocenters. The fourth-order valence-corrected chi connectivity index (χ4v) is 3.37. The lowest BCUT2D eigenvalue weighted by atomic mass is 10.1. The second kappa shape index (κ2) is 8.91. The maximum atomic E-state index is 12.7. The second-order valence-corrected chi connectivity index (χ2v) is 7.66. The lowest BCUT2D eigenvalue weighted by molar-refractivity contribution is -0.153. The van der Waals surface area contributed by atoms with E-state index in [0.717, 1.165) is 0 Å². The number of halogens is 5. The van der Waals surface area contributed by atoms with E-state index < -0.39 is 12.8 Å². The Bertz CT molecular complexity index is 1330. The summed E-state index contributed by atoms with van der Waals surface area (Å²) < 4.78 is 50.3. The number of aryl methyl sites for hydroxylation is 1. The van der Waals surface area contributed by atoms with Gasteiger partial charge in [0.05, 0.1) is 20.9 Å². The van der Waals surface area contributed by atoms with Crippen LogP contribution >= 0.6 is 23.2 Å². The number of nitrogens with two attached hydrogens (primary N) is 1. The third-order valence-corrected chi connectivity index (χ3v) is 5.18. The molecule has 0 saturated carbocycles. The Labute approximate surface area is 195 Å². The lowest BCUT2D eigenvalue weighted by Crippen LogP contribution is -2.19. The summed E-state index contributed by atoms with van der Waals surface area (Å²) in [6.45, 7) is -1.56. The van der Waals surface area contributed by atoms with E-state index in [1.807, 2.05) is 0 Å². The average molecular weight is 499 g/mol. The molecule has 0 fully saturated rings. The molecule has 0 atom stereocenters. The van der Waals surface area contributed by atoms with Crippen molar-refractivity contribution in [2.75, 3.05) is 12.3 Å². The first-order valence-corrected chi connectivity index (χ1v) is 10.1. The van der Waals surface area contributed by atoms with Gasteiger partial charge in [0.1, 0.15) is 30.3 Å². The van der Waals surface area contributed by atoms with Crippen LogP contribution in [0.5, 0.6) is 11.5 Å². The summed E-state index contributed by atoms with van der Waals surface area (Å²) in [6.07, 6.45) is -3.05. The van der Waals surface area contributed by atoms with Gasteiger partial charge in [0, 0.05) is 24.7 Å². The Morgan fingerprint density at radius 1 is 1.12 bits per heavy atom. The first kappa shape index (κ1) is 22.9. The van der Waals surface area contributed by atoms with Crippen molar-refractivity contribution >= 4 is 39.9 Å². The summed E-state index contributed by atoms with van der Waals surface area (Å²) in [6, 6.07) is 7.49. The van der Waals surface area contributed by atoms with Crippen LogP contribution in [0.1, 0.15) is 5.82 Å². The normalized spacial score (nSPS) is 11.7. The van der Waals surface area contributed by atoms with E-state index in [2.05, 4.69) is 20.1 Å². The highest BCUT2D eigenvalue weighted by atomic mass is 35.5. The maximum absolute atomic E-state index is 12.7. The topological polar surface area (TPSA) is 101 Å². The Kier molecular flexibility index (Phi) is 6.17. The fourth-order valence-electron chi connectivity index (χ4n) is 2.98. The van der Waals surface area contributed by atoms with Crippen LogP contribution in [-0.4, -0.2) is 37.5 Å². The molecule has 0 amide bonds. The van der Waals surface area contributed by atoms with Gasteiger partial charge in [-0.3, -0.25) is 4.68 Å². The zero-order valence-electron chi connectivity index (χ0n) is 16.9. The van der Waals surface area contributed by atoms with E-state index in [1.165, 1.54) is 23.1 Å². The van der Waals surface area contributed by atoms with Crippen molar-refractivity contribution in [2.24, 2.45) is 7.05 Å². The maximum Gasteiger partial charge on any atom is 0.422 e. The smallest absolute Gasteiger partial charge is 0.422 e. The summed E-state index contributed by atoms with van der Waals surface area (Å²) in [4.78, 5) is 12.8. The molecule has 0 aliphatic heterocycles. The van der Waals surface area contributed by atoms with E-state index in [9.17, 15) is 13.2 Å². The Morgan fingerprint density at radius 3 is 2.61 bits per heavy atom. The van der Waals surface area contributed by atoms with Crippen LogP contribution in [0.2, 0.25) is 10.0 Å². The first-order chi connectivity index (χ1) is 15.6. The second-order valence-electron chi connectivity index (χ2n) is 6.88. The van der Waals surface area contributed by atoms with Gasteiger partial charge in [0.25, 0.3) is 0 Å². The molecule has 2 N–H and O–H groups in total. The molecular formula is C20H15Cl2F3N6O2. The molecule has 0 spiro atoms. The fraction of sp³-hybridized carbons (Fsp3) is 0.200. The summed E-state index contributed by atoms with van der Waals surface area (Å²) >= 11 is 12.3. The third kappa shape index (κ3) is 5.20. The number of aromatic nitrogens is 5. The van der Waals surface area contributed by atoms with E-state index in [0.29, 0.717) is 11.4 Å². The van der Waals surface area contributed by atoms with Crippen molar-refractivity contribution in [3.8, 4) is 22.9 Å². The highest BCUT2D eigenvalue weighted by Gasteiger charge is 2.29. The number of rotatable bonds is 6. The Morgan fingerprint density at radius 2 is 1.91 bits per heavy atom. The van der Waals surface area contributed by atoms with Crippen LogP contribution in [0.3, 0.4) is 0 Å². The summed E-state index contributed by atoms with van der Waals surface area (Å²) in [7, 11) is 1.69. The Hall–Kier alpha value is -3.31. The first-order valence-electron chi connectivity index (χ1n) is 9.33. The molecule has 0 saturated heterocycles. The Balaban J connectivity index is 1.80. The monoisotopic (exact) mass is 498 g/mol. The van der Waals surface area contributed by atoms with Gasteiger partial charge in [-0.1, -0.05) is 29.3 Å². The van der Waals surface area contributed by atoms with Gasteiger partial charge < -0.3 is 15.2 Å². The van der Waals surface area contributed by atoms with Gasteiger partial charge >= 0.3 is 6.18 Å². The number of hydrogen-bond donors (Lipinski definition) is 1. The van der Waals surface area contributed by atoms with Crippen LogP contribution < -0.4 is 15.2 Å². The molecule has 0 bridgehead atoms. The molecule has 33 heavy (non-hydrogen) atoms.